The van der Waals surface area contributed by atoms with Crippen LogP contribution < -0.4 is 10.2 Å². The van der Waals surface area contributed by atoms with Gasteiger partial charge in [0.25, 0.3) is 0 Å². The van der Waals surface area contributed by atoms with Crippen LogP contribution in [0.25, 0.3) is 0 Å². The minimum absolute atomic E-state index is 0.630. The van der Waals surface area contributed by atoms with Gasteiger partial charge in [-0.2, -0.15) is 0 Å². The van der Waals surface area contributed by atoms with E-state index in [1.807, 2.05) is 12.1 Å². The molecule has 2 unspecified atom stereocenters. The molecule has 2 heterocycles. The number of piperazine rings is 1. The molecular weight excluding hydrogens is 255 g/mol. The van der Waals surface area contributed by atoms with Gasteiger partial charge in [0, 0.05) is 30.9 Å². The molecule has 4 heteroatoms. The largest absolute Gasteiger partial charge is 0.368 e. The summed E-state index contributed by atoms with van der Waals surface area (Å²) in [5.41, 5.74) is 1.19. The topological polar surface area (TPSA) is 15.3 Å². The number of rotatable bonds is 1. The molecular formula is C13H16Cl2N2. The Morgan fingerprint density at radius 2 is 1.76 bits per heavy atom. The Hall–Kier alpha value is -0.440. The average Bonchev–Trinajstić information content (AvgIpc) is 2.32. The summed E-state index contributed by atoms with van der Waals surface area (Å²) in [7, 11) is 0. The van der Waals surface area contributed by atoms with Gasteiger partial charge in [0.05, 0.1) is 10.0 Å². The molecule has 2 aliphatic heterocycles. The second kappa shape index (κ2) is 4.68. The van der Waals surface area contributed by atoms with Crippen LogP contribution in [0.1, 0.15) is 19.3 Å². The Bertz CT molecular complexity index is 410. The van der Waals surface area contributed by atoms with Crippen molar-refractivity contribution < 1.29 is 0 Å². The zero-order valence-electron chi connectivity index (χ0n) is 9.63. The van der Waals surface area contributed by atoms with Crippen molar-refractivity contribution in [3.05, 3.63) is 28.2 Å². The van der Waals surface area contributed by atoms with E-state index in [1.54, 1.807) is 0 Å². The number of piperidine rings is 1. The summed E-state index contributed by atoms with van der Waals surface area (Å²) in [4.78, 5) is 2.42. The summed E-state index contributed by atoms with van der Waals surface area (Å²) in [6, 6.07) is 7.20. The van der Waals surface area contributed by atoms with Crippen molar-refractivity contribution in [3.63, 3.8) is 0 Å². The summed E-state index contributed by atoms with van der Waals surface area (Å²) < 4.78 is 0. The van der Waals surface area contributed by atoms with Crippen LogP contribution in [0.3, 0.4) is 0 Å². The minimum Gasteiger partial charge on any atom is -0.368 e. The number of hydrogen-bond donors (Lipinski definition) is 1. The van der Waals surface area contributed by atoms with Crippen LogP contribution in [-0.4, -0.2) is 25.2 Å². The summed E-state index contributed by atoms with van der Waals surface area (Å²) in [5.74, 6) is 0. The van der Waals surface area contributed by atoms with E-state index in [4.69, 9.17) is 23.2 Å². The number of nitrogens with zero attached hydrogens (tertiary/aromatic N) is 1. The maximum atomic E-state index is 6.08. The van der Waals surface area contributed by atoms with Crippen LogP contribution in [0.5, 0.6) is 0 Å². The van der Waals surface area contributed by atoms with E-state index >= 15 is 0 Å². The minimum atomic E-state index is 0.630. The summed E-state index contributed by atoms with van der Waals surface area (Å²) in [6.07, 6.45) is 3.93. The number of anilines is 1. The van der Waals surface area contributed by atoms with Crippen LogP contribution in [0.2, 0.25) is 10.0 Å². The Morgan fingerprint density at radius 1 is 1.06 bits per heavy atom. The first-order valence-corrected chi connectivity index (χ1v) is 6.94. The molecule has 2 fully saturated rings. The van der Waals surface area contributed by atoms with Crippen molar-refractivity contribution >= 4 is 28.9 Å². The smallest absolute Gasteiger partial charge is 0.0612 e. The van der Waals surface area contributed by atoms with E-state index in [9.17, 15) is 0 Å². The Kier molecular flexibility index (Phi) is 3.20. The molecule has 17 heavy (non-hydrogen) atoms. The van der Waals surface area contributed by atoms with Gasteiger partial charge in [0.2, 0.25) is 0 Å². The van der Waals surface area contributed by atoms with Crippen molar-refractivity contribution in [2.75, 3.05) is 18.0 Å². The molecule has 2 atom stereocenters. The van der Waals surface area contributed by atoms with Gasteiger partial charge >= 0.3 is 0 Å². The quantitative estimate of drug-likeness (QED) is 0.842. The first-order chi connectivity index (χ1) is 8.22. The highest BCUT2D eigenvalue weighted by Crippen LogP contribution is 2.30. The fourth-order valence-corrected chi connectivity index (χ4v) is 3.19. The molecule has 2 saturated heterocycles. The van der Waals surface area contributed by atoms with E-state index in [-0.39, 0.29) is 0 Å². The van der Waals surface area contributed by atoms with Crippen LogP contribution in [0.4, 0.5) is 5.69 Å². The fraction of sp³-hybridized carbons (Fsp3) is 0.538. The Labute approximate surface area is 112 Å². The summed E-state index contributed by atoms with van der Waals surface area (Å²) in [6.45, 7) is 2.16. The normalized spacial score (nSPS) is 28.2. The fourth-order valence-electron chi connectivity index (χ4n) is 2.90. The number of hydrogen-bond acceptors (Lipinski definition) is 2. The lowest BCUT2D eigenvalue weighted by Gasteiger charge is -2.43. The molecule has 2 aliphatic rings. The maximum absolute atomic E-state index is 6.08. The standard InChI is InChI=1S/C13H16Cl2N2/c14-12-5-4-11(6-13(12)15)17-7-9-2-1-3-10(8-17)16-9/h4-6,9-10,16H,1-3,7-8H2. The van der Waals surface area contributed by atoms with Gasteiger partial charge in [-0.25, -0.2) is 0 Å². The predicted octanol–water partition coefficient (Wildman–Crippen LogP) is 3.32. The number of halogens is 2. The van der Waals surface area contributed by atoms with Crippen LogP contribution in [0, 0.1) is 0 Å². The second-order valence-electron chi connectivity index (χ2n) is 4.99. The SMILES string of the molecule is Clc1ccc(N2CC3CCCC(C2)N3)cc1Cl. The van der Waals surface area contributed by atoms with Crippen molar-refractivity contribution in [2.24, 2.45) is 0 Å². The lowest BCUT2D eigenvalue weighted by molar-refractivity contribution is 0.283. The molecule has 2 bridgehead atoms. The molecule has 1 aromatic carbocycles. The van der Waals surface area contributed by atoms with E-state index in [0.29, 0.717) is 22.1 Å². The highest BCUT2D eigenvalue weighted by Gasteiger charge is 2.29. The zero-order valence-corrected chi connectivity index (χ0v) is 11.1. The van der Waals surface area contributed by atoms with E-state index in [1.165, 1.54) is 24.9 Å². The van der Waals surface area contributed by atoms with Crippen molar-refractivity contribution in [1.29, 1.82) is 0 Å². The number of nitrogens with one attached hydrogen (secondary N) is 1. The molecule has 0 aliphatic carbocycles. The van der Waals surface area contributed by atoms with Crippen molar-refractivity contribution in [3.8, 4) is 0 Å². The summed E-state index contributed by atoms with van der Waals surface area (Å²) >= 11 is 12.0. The van der Waals surface area contributed by atoms with Gasteiger partial charge in [-0.3, -0.25) is 0 Å². The van der Waals surface area contributed by atoms with Gasteiger partial charge < -0.3 is 10.2 Å². The van der Waals surface area contributed by atoms with Crippen LogP contribution >= 0.6 is 23.2 Å². The Balaban J connectivity index is 1.81. The average molecular weight is 271 g/mol. The predicted molar refractivity (Wildman–Crippen MR) is 73.2 cm³/mol. The molecule has 92 valence electrons. The molecule has 0 spiro atoms. The van der Waals surface area contributed by atoms with Crippen molar-refractivity contribution in [1.82, 2.24) is 5.32 Å². The van der Waals surface area contributed by atoms with Crippen LogP contribution in [-0.2, 0) is 0 Å². The van der Waals surface area contributed by atoms with E-state index < -0.39 is 0 Å². The van der Waals surface area contributed by atoms with Gasteiger partial charge in [-0.1, -0.05) is 29.6 Å². The zero-order chi connectivity index (χ0) is 11.8. The third kappa shape index (κ3) is 2.40. The summed E-state index contributed by atoms with van der Waals surface area (Å²) in [5, 5.41) is 4.95. The lowest BCUT2D eigenvalue weighted by atomic mass is 9.94. The lowest BCUT2D eigenvalue weighted by Crippen LogP contribution is -2.58. The molecule has 0 saturated carbocycles. The molecule has 0 radical (unpaired) electrons. The van der Waals surface area contributed by atoms with Crippen molar-refractivity contribution in [2.45, 2.75) is 31.3 Å². The molecule has 0 amide bonds. The first kappa shape index (κ1) is 11.6. The second-order valence-corrected chi connectivity index (χ2v) is 5.81. The highest BCUT2D eigenvalue weighted by molar-refractivity contribution is 6.42. The van der Waals surface area contributed by atoms with Gasteiger partial charge in [-0.05, 0) is 31.0 Å². The molecule has 1 aromatic rings. The van der Waals surface area contributed by atoms with E-state index in [0.717, 1.165) is 13.1 Å². The van der Waals surface area contributed by atoms with Gasteiger partial charge in [0.1, 0.15) is 0 Å². The third-order valence-electron chi connectivity index (χ3n) is 3.73. The molecule has 2 nitrogen and oxygen atoms in total. The molecule has 1 N–H and O–H groups in total. The van der Waals surface area contributed by atoms with E-state index in [2.05, 4.69) is 16.3 Å². The number of fused-ring (bicyclic) bond motifs is 2. The molecule has 0 aromatic heterocycles. The van der Waals surface area contributed by atoms with Gasteiger partial charge in [0.15, 0.2) is 0 Å². The third-order valence-corrected chi connectivity index (χ3v) is 4.47. The van der Waals surface area contributed by atoms with Gasteiger partial charge in [-0.15, -0.1) is 0 Å². The first-order valence-electron chi connectivity index (χ1n) is 6.18. The number of benzene rings is 1. The van der Waals surface area contributed by atoms with Crippen LogP contribution in [0.15, 0.2) is 18.2 Å². The maximum Gasteiger partial charge on any atom is 0.0612 e. The Morgan fingerprint density at radius 3 is 2.41 bits per heavy atom. The monoisotopic (exact) mass is 270 g/mol. The highest BCUT2D eigenvalue weighted by atomic mass is 35.5. The molecule has 3 rings (SSSR count).